The zero-order valence-corrected chi connectivity index (χ0v) is 19.9. The molecule has 0 aromatic heterocycles. The van der Waals surface area contributed by atoms with Gasteiger partial charge in [-0.15, -0.1) is 0 Å². The molecular weight excluding hydrogens is 444 g/mol. The second-order valence-corrected chi connectivity index (χ2v) is 10.6. The third kappa shape index (κ3) is 3.56. The quantitative estimate of drug-likeness (QED) is 0.384. The fourth-order valence-corrected chi connectivity index (χ4v) is 6.75. The number of anilines is 2. The second kappa shape index (κ2) is 8.04. The number of hydrogen-bond donors (Lipinski definition) is 0. The van der Waals surface area contributed by atoms with Gasteiger partial charge in [0, 0.05) is 18.7 Å². The number of aryl methyl sites for hydroxylation is 2. The van der Waals surface area contributed by atoms with Crippen LogP contribution in [0.25, 0.3) is 0 Å². The number of esters is 1. The number of nitrogens with zero attached hydrogens (tertiary/aromatic N) is 2. The molecule has 4 fully saturated rings. The zero-order valence-electron chi connectivity index (χ0n) is 19.9. The summed E-state index contributed by atoms with van der Waals surface area (Å²) < 4.78 is 5.56. The molecule has 0 spiro atoms. The number of fused-ring (bicyclic) bond motifs is 5. The molecule has 2 saturated carbocycles. The third-order valence-electron chi connectivity index (χ3n) is 8.22. The minimum Gasteiger partial charge on any atom is -0.426 e. The minimum atomic E-state index is -0.556. The molecule has 2 aromatic carbocycles. The van der Waals surface area contributed by atoms with Crippen LogP contribution in [-0.2, 0) is 19.2 Å². The molecule has 2 saturated heterocycles. The molecule has 6 rings (SSSR count). The van der Waals surface area contributed by atoms with Gasteiger partial charge in [-0.05, 0) is 92.5 Å². The Kier molecular flexibility index (Phi) is 5.06. The number of hydrogen-bond acceptors (Lipinski definition) is 5. The van der Waals surface area contributed by atoms with Crippen LogP contribution >= 0.6 is 0 Å². The van der Waals surface area contributed by atoms with E-state index in [0.717, 1.165) is 36.1 Å². The first kappa shape index (κ1) is 22.0. The van der Waals surface area contributed by atoms with E-state index in [-0.39, 0.29) is 42.5 Å². The lowest BCUT2D eigenvalue weighted by Gasteiger charge is -2.19. The molecule has 0 N–H and O–H groups in total. The van der Waals surface area contributed by atoms with Crippen LogP contribution in [0, 0.1) is 43.4 Å². The maximum Gasteiger partial charge on any atom is 0.316 e. The highest BCUT2D eigenvalue weighted by Crippen LogP contribution is 2.56. The van der Waals surface area contributed by atoms with Crippen LogP contribution in [-0.4, -0.2) is 30.2 Å². The number of benzene rings is 2. The van der Waals surface area contributed by atoms with E-state index in [4.69, 9.17) is 4.74 Å². The van der Waals surface area contributed by atoms with Crippen molar-refractivity contribution in [3.8, 4) is 5.75 Å². The molecule has 7 heteroatoms. The number of carbonyl (C=O) groups excluding carboxylic acids is 4. The fraction of sp³-hybridized carbons (Fsp3) is 0.429. The summed E-state index contributed by atoms with van der Waals surface area (Å²) in [6.45, 7) is 4.24. The van der Waals surface area contributed by atoms with E-state index in [1.165, 1.54) is 4.90 Å². The highest BCUT2D eigenvalue weighted by Gasteiger charge is 2.61. The number of amides is 3. The SMILES string of the molecule is Cc1cc(C)cc(N2C[C@H](C(=O)Oc3ccc(N4C(=O)[C@@H]5[C@H]6CC[C@@H](C6)[C@@H]5C4=O)cc3)CC2=O)c1. The van der Waals surface area contributed by atoms with Gasteiger partial charge in [0.15, 0.2) is 0 Å². The lowest BCUT2D eigenvalue weighted by atomic mass is 9.81. The van der Waals surface area contributed by atoms with Crippen molar-refractivity contribution < 1.29 is 23.9 Å². The predicted octanol–water partition coefficient (Wildman–Crippen LogP) is 3.80. The number of carbonyl (C=O) groups is 4. The van der Waals surface area contributed by atoms with Gasteiger partial charge in [0.1, 0.15) is 5.75 Å². The van der Waals surface area contributed by atoms with Crippen molar-refractivity contribution in [2.24, 2.45) is 29.6 Å². The standard InChI is InChI=1S/C28H28N2O5/c1-15-9-16(2)11-21(10-15)29-14-19(13-23(29)31)28(34)35-22-7-5-20(6-8-22)30-26(32)24-17-3-4-18(12-17)25(24)27(30)33/h5-11,17-19,24-25H,3-4,12-14H2,1-2H3/t17-,18-,19+,24-,25+/m0/s1. The monoisotopic (exact) mass is 472 g/mol. The number of imide groups is 1. The van der Waals surface area contributed by atoms with Gasteiger partial charge in [-0.3, -0.25) is 24.1 Å². The van der Waals surface area contributed by atoms with Crippen LogP contribution in [0.3, 0.4) is 0 Å². The maximum atomic E-state index is 13.0. The summed E-state index contributed by atoms with van der Waals surface area (Å²) >= 11 is 0. The van der Waals surface area contributed by atoms with Crippen molar-refractivity contribution in [1.82, 2.24) is 0 Å². The summed E-state index contributed by atoms with van der Waals surface area (Å²) in [5.74, 6) is -0.628. The third-order valence-corrected chi connectivity index (χ3v) is 8.22. The van der Waals surface area contributed by atoms with Gasteiger partial charge in [-0.25, -0.2) is 0 Å². The van der Waals surface area contributed by atoms with E-state index < -0.39 is 11.9 Å². The smallest absolute Gasteiger partial charge is 0.316 e. The molecular formula is C28H28N2O5. The van der Waals surface area contributed by atoms with E-state index >= 15 is 0 Å². The first-order valence-electron chi connectivity index (χ1n) is 12.4. The first-order valence-corrected chi connectivity index (χ1v) is 12.4. The van der Waals surface area contributed by atoms with Gasteiger partial charge < -0.3 is 9.64 Å². The van der Waals surface area contributed by atoms with E-state index in [2.05, 4.69) is 0 Å². The van der Waals surface area contributed by atoms with Crippen LogP contribution in [0.5, 0.6) is 5.75 Å². The van der Waals surface area contributed by atoms with E-state index in [9.17, 15) is 19.2 Å². The Morgan fingerprint density at radius 3 is 2.06 bits per heavy atom. The van der Waals surface area contributed by atoms with E-state index in [1.807, 2.05) is 32.0 Å². The predicted molar refractivity (Wildman–Crippen MR) is 129 cm³/mol. The fourth-order valence-electron chi connectivity index (χ4n) is 6.75. The molecule has 2 bridgehead atoms. The van der Waals surface area contributed by atoms with Crippen LogP contribution in [0.4, 0.5) is 11.4 Å². The average Bonchev–Trinajstić information content (AvgIpc) is 3.57. The Morgan fingerprint density at radius 1 is 0.857 bits per heavy atom. The summed E-state index contributed by atoms with van der Waals surface area (Å²) in [6, 6.07) is 12.4. The Bertz CT molecular complexity index is 1200. The number of rotatable bonds is 4. The largest absolute Gasteiger partial charge is 0.426 e. The van der Waals surface area contributed by atoms with Gasteiger partial charge >= 0.3 is 5.97 Å². The average molecular weight is 473 g/mol. The summed E-state index contributed by atoms with van der Waals surface area (Å²) in [5.41, 5.74) is 3.44. The molecule has 0 unspecified atom stereocenters. The van der Waals surface area contributed by atoms with Gasteiger partial charge in [-0.1, -0.05) is 6.07 Å². The molecule has 3 amide bonds. The Hall–Kier alpha value is -3.48. The molecule has 35 heavy (non-hydrogen) atoms. The first-order chi connectivity index (χ1) is 16.8. The van der Waals surface area contributed by atoms with Crippen molar-refractivity contribution in [3.05, 3.63) is 53.6 Å². The van der Waals surface area contributed by atoms with Crippen molar-refractivity contribution in [2.75, 3.05) is 16.3 Å². The number of ether oxygens (including phenoxy) is 1. The summed E-state index contributed by atoms with van der Waals surface area (Å²) in [6.07, 6.45) is 3.18. The molecule has 5 atom stereocenters. The molecule has 4 aliphatic rings. The van der Waals surface area contributed by atoms with Crippen LogP contribution in [0.2, 0.25) is 0 Å². The molecule has 2 aliphatic carbocycles. The Morgan fingerprint density at radius 2 is 1.46 bits per heavy atom. The Labute approximate surface area is 204 Å². The zero-order chi connectivity index (χ0) is 24.4. The van der Waals surface area contributed by atoms with Gasteiger partial charge in [0.25, 0.3) is 0 Å². The summed E-state index contributed by atoms with van der Waals surface area (Å²) in [5, 5.41) is 0. The highest BCUT2D eigenvalue weighted by molar-refractivity contribution is 6.22. The summed E-state index contributed by atoms with van der Waals surface area (Å²) in [4.78, 5) is 54.4. The molecule has 2 aliphatic heterocycles. The van der Waals surface area contributed by atoms with Crippen molar-refractivity contribution in [2.45, 2.75) is 39.5 Å². The van der Waals surface area contributed by atoms with Gasteiger partial charge in [0.05, 0.1) is 23.4 Å². The van der Waals surface area contributed by atoms with Crippen molar-refractivity contribution >= 4 is 35.1 Å². The minimum absolute atomic E-state index is 0.0899. The molecule has 7 nitrogen and oxygen atoms in total. The molecule has 0 radical (unpaired) electrons. The highest BCUT2D eigenvalue weighted by atomic mass is 16.5. The van der Waals surface area contributed by atoms with Gasteiger partial charge in [0.2, 0.25) is 17.7 Å². The van der Waals surface area contributed by atoms with Crippen LogP contribution in [0.1, 0.15) is 36.8 Å². The topological polar surface area (TPSA) is 84.0 Å². The molecule has 2 aromatic rings. The second-order valence-electron chi connectivity index (χ2n) is 10.6. The van der Waals surface area contributed by atoms with Crippen molar-refractivity contribution in [1.29, 1.82) is 0 Å². The van der Waals surface area contributed by atoms with Crippen molar-refractivity contribution in [3.63, 3.8) is 0 Å². The van der Waals surface area contributed by atoms with Crippen LogP contribution in [0.15, 0.2) is 42.5 Å². The molecule has 2 heterocycles. The molecule has 180 valence electrons. The van der Waals surface area contributed by atoms with Gasteiger partial charge in [-0.2, -0.15) is 0 Å². The Balaban J connectivity index is 1.13. The maximum absolute atomic E-state index is 13.0. The van der Waals surface area contributed by atoms with Crippen LogP contribution < -0.4 is 14.5 Å². The summed E-state index contributed by atoms with van der Waals surface area (Å²) in [7, 11) is 0. The van der Waals surface area contributed by atoms with E-state index in [0.29, 0.717) is 23.3 Å². The normalized spacial score (nSPS) is 29.3. The lowest BCUT2D eigenvalue weighted by Crippen LogP contribution is -2.32. The van der Waals surface area contributed by atoms with E-state index in [1.54, 1.807) is 29.2 Å². The lowest BCUT2D eigenvalue weighted by molar-refractivity contribution is -0.139.